The van der Waals surface area contributed by atoms with Crippen LogP contribution in [-0.2, 0) is 30.5 Å². The van der Waals surface area contributed by atoms with Crippen LogP contribution in [0.25, 0.3) is 11.0 Å². The number of rotatable bonds is 6. The number of ether oxygens (including phenoxy) is 2. The summed E-state index contributed by atoms with van der Waals surface area (Å²) in [6, 6.07) is 7.30. The van der Waals surface area contributed by atoms with Crippen molar-refractivity contribution in [3.8, 4) is 6.01 Å². The van der Waals surface area contributed by atoms with E-state index in [1.54, 1.807) is 25.7 Å². The summed E-state index contributed by atoms with van der Waals surface area (Å²) < 4.78 is 13.9. The van der Waals surface area contributed by atoms with Crippen molar-refractivity contribution < 1.29 is 33.8 Å². The Morgan fingerprint density at radius 3 is 2.64 bits per heavy atom. The molecule has 1 amide bonds. The number of aliphatic carboxylic acids is 1. The van der Waals surface area contributed by atoms with E-state index in [1.165, 1.54) is 0 Å². The molecule has 10 nitrogen and oxygen atoms in total. The Kier molecular flexibility index (Phi) is 9.18. The molecule has 1 saturated carbocycles. The fourth-order valence-corrected chi connectivity index (χ4v) is 6.79. The zero-order chi connectivity index (χ0) is 31.6. The number of ketones is 1. The number of nitrogens with zero attached hydrogens (tertiary/aromatic N) is 3. The number of carbonyl (C=O) groups is 4. The molecule has 1 aliphatic carbocycles. The highest BCUT2D eigenvalue weighted by Gasteiger charge is 2.61. The lowest BCUT2D eigenvalue weighted by atomic mass is 9.91. The second-order valence-corrected chi connectivity index (χ2v) is 13.6. The molecule has 1 aromatic heterocycles. The first kappa shape index (κ1) is 31.7. The molecule has 0 unspecified atom stereocenters. The molecule has 2 aliphatic heterocycles. The van der Waals surface area contributed by atoms with E-state index in [4.69, 9.17) is 9.47 Å². The van der Waals surface area contributed by atoms with Gasteiger partial charge in [0.25, 0.3) is 6.01 Å². The molecule has 238 valence electrons. The van der Waals surface area contributed by atoms with Crippen LogP contribution in [0.3, 0.4) is 0 Å². The van der Waals surface area contributed by atoms with Gasteiger partial charge >= 0.3 is 11.9 Å². The Labute approximate surface area is 258 Å². The quantitative estimate of drug-likeness (QED) is 0.345. The zero-order valence-corrected chi connectivity index (χ0v) is 26.3. The van der Waals surface area contributed by atoms with E-state index in [2.05, 4.69) is 4.98 Å². The van der Waals surface area contributed by atoms with Crippen molar-refractivity contribution in [1.82, 2.24) is 14.5 Å². The predicted octanol–water partition coefficient (Wildman–Crippen LogP) is 5.32. The number of fused-ring (bicyclic) bond motifs is 3. The summed E-state index contributed by atoms with van der Waals surface area (Å²) in [4.78, 5) is 59.7. The van der Waals surface area contributed by atoms with Crippen molar-refractivity contribution in [2.45, 2.75) is 110 Å². The fraction of sp³-hybridized carbons (Fsp3) is 0.618. The number of carbonyl (C=O) groups excluding carboxylic acids is 3. The highest BCUT2D eigenvalue weighted by atomic mass is 16.6. The molecule has 3 heterocycles. The van der Waals surface area contributed by atoms with Crippen molar-refractivity contribution in [2.24, 2.45) is 17.3 Å². The Hall–Kier alpha value is -3.69. The van der Waals surface area contributed by atoms with Crippen LogP contribution in [0.15, 0.2) is 36.4 Å². The van der Waals surface area contributed by atoms with Gasteiger partial charge in [-0.05, 0) is 71.4 Å². The van der Waals surface area contributed by atoms with Crippen molar-refractivity contribution in [2.75, 3.05) is 6.54 Å². The third-order valence-corrected chi connectivity index (χ3v) is 9.15. The number of allylic oxidation sites excluding steroid dienone is 2. The number of carboxylic acid groups (broad SMARTS) is 1. The number of benzene rings is 1. The molecule has 1 N–H and O–H groups in total. The smallest absolute Gasteiger partial charge is 0.310 e. The maximum atomic E-state index is 14.2. The number of hydrogen-bond donors (Lipinski definition) is 1. The van der Waals surface area contributed by atoms with Crippen LogP contribution in [0, 0.1) is 17.3 Å². The van der Waals surface area contributed by atoms with Gasteiger partial charge in [-0.3, -0.25) is 23.7 Å². The number of Topliss-reactive ketones (excluding diaryl/α,β-unsaturated/α-hetero) is 1. The van der Waals surface area contributed by atoms with Crippen LogP contribution in [0.5, 0.6) is 6.01 Å². The van der Waals surface area contributed by atoms with Crippen LogP contribution < -0.4 is 4.74 Å². The summed E-state index contributed by atoms with van der Waals surface area (Å²) in [6.45, 7) is 8.15. The molecule has 2 aromatic rings. The third-order valence-electron chi connectivity index (χ3n) is 9.15. The first-order valence-corrected chi connectivity index (χ1v) is 16.0. The monoisotopic (exact) mass is 607 g/mol. The van der Waals surface area contributed by atoms with Gasteiger partial charge in [0.05, 0.1) is 35.5 Å². The normalized spacial score (nSPS) is 28.9. The number of carboxylic acids is 1. The highest BCUT2D eigenvalue weighted by Crippen LogP contribution is 2.57. The molecule has 3 aliphatic rings. The molecule has 2 fully saturated rings. The number of aromatic nitrogens is 2. The number of para-hydroxylation sites is 2. The van der Waals surface area contributed by atoms with Crippen LogP contribution in [0.4, 0.5) is 0 Å². The minimum Gasteiger partial charge on any atom is -0.481 e. The predicted molar refractivity (Wildman–Crippen MR) is 164 cm³/mol. The van der Waals surface area contributed by atoms with Gasteiger partial charge in [-0.2, -0.15) is 4.98 Å². The first-order valence-electron chi connectivity index (χ1n) is 16.0. The topological polar surface area (TPSA) is 128 Å². The Bertz CT molecular complexity index is 1440. The Balaban J connectivity index is 1.44. The molecule has 5 atom stereocenters. The Morgan fingerprint density at radius 2 is 1.91 bits per heavy atom. The van der Waals surface area contributed by atoms with E-state index in [-0.39, 0.29) is 43.4 Å². The van der Waals surface area contributed by atoms with Gasteiger partial charge in [-0.25, -0.2) is 0 Å². The maximum absolute atomic E-state index is 14.2. The lowest BCUT2D eigenvalue weighted by Crippen LogP contribution is -2.45. The molecular formula is C34H45N3O7. The number of imidazole rings is 1. The molecule has 44 heavy (non-hydrogen) atoms. The average molecular weight is 608 g/mol. The molecule has 1 saturated heterocycles. The number of hydrogen-bond acceptors (Lipinski definition) is 7. The molecule has 5 rings (SSSR count). The number of amides is 1. The van der Waals surface area contributed by atoms with Gasteiger partial charge in [0.1, 0.15) is 11.7 Å². The van der Waals surface area contributed by atoms with Crippen molar-refractivity contribution in [3.05, 3.63) is 36.4 Å². The van der Waals surface area contributed by atoms with E-state index < -0.39 is 41.0 Å². The van der Waals surface area contributed by atoms with E-state index in [0.717, 1.165) is 36.7 Å². The standard InChI is InChI=1S/C34H45N3O7/c1-5-36-26-16-12-11-15-25(26)35-32(36)43-24-18-27-28(38)20-34(31(41)42)19-23(34)14-10-8-6-7-9-13-22(30(40)37(27)21-24)17-29(39)44-33(2,3)4/h10-12,14-16,22-24,27H,5-9,13,17-21H2,1-4H3,(H,41,42)/b14-10-/t22-,23-,24-,27+,34-/m1/s1. The van der Waals surface area contributed by atoms with Crippen molar-refractivity contribution >= 4 is 34.7 Å². The zero-order valence-electron chi connectivity index (χ0n) is 26.3. The van der Waals surface area contributed by atoms with Crippen LogP contribution in [0.2, 0.25) is 0 Å². The Morgan fingerprint density at radius 1 is 1.14 bits per heavy atom. The van der Waals surface area contributed by atoms with E-state index >= 15 is 0 Å². The first-order chi connectivity index (χ1) is 20.9. The van der Waals surface area contributed by atoms with E-state index in [1.807, 2.05) is 47.9 Å². The number of aryl methyl sites for hydroxylation is 1. The second kappa shape index (κ2) is 12.7. The molecule has 0 spiro atoms. The van der Waals surface area contributed by atoms with Crippen molar-refractivity contribution in [3.63, 3.8) is 0 Å². The van der Waals surface area contributed by atoms with Gasteiger partial charge in [0, 0.05) is 25.3 Å². The van der Waals surface area contributed by atoms with Crippen LogP contribution in [-0.4, -0.2) is 67.5 Å². The van der Waals surface area contributed by atoms with E-state index in [0.29, 0.717) is 25.4 Å². The molecule has 0 bridgehead atoms. The molecule has 10 heteroatoms. The summed E-state index contributed by atoms with van der Waals surface area (Å²) in [5.41, 5.74) is -0.113. The lowest BCUT2D eigenvalue weighted by Gasteiger charge is -2.29. The SMILES string of the molecule is CCn1c(O[C@@H]2C[C@H]3C(=O)C[C@]4(C(=O)O)C[C@H]4/C=C\CCCCC[C@H](CC(=O)OC(C)(C)C)C(=O)N3C2)nc2ccccc21. The second-order valence-electron chi connectivity index (χ2n) is 13.6. The lowest BCUT2D eigenvalue weighted by molar-refractivity contribution is -0.159. The summed E-state index contributed by atoms with van der Waals surface area (Å²) in [6.07, 6.45) is 7.69. The average Bonchev–Trinajstić information content (AvgIpc) is 3.30. The highest BCUT2D eigenvalue weighted by molar-refractivity contribution is 5.95. The van der Waals surface area contributed by atoms with Gasteiger partial charge in [0.15, 0.2) is 5.78 Å². The third kappa shape index (κ3) is 6.84. The van der Waals surface area contributed by atoms with Crippen LogP contribution in [0.1, 0.15) is 85.5 Å². The summed E-state index contributed by atoms with van der Waals surface area (Å²) in [5.74, 6) is -2.84. The summed E-state index contributed by atoms with van der Waals surface area (Å²) in [5, 5.41) is 10.2. The van der Waals surface area contributed by atoms with Gasteiger partial charge in [0.2, 0.25) is 5.91 Å². The van der Waals surface area contributed by atoms with Crippen molar-refractivity contribution in [1.29, 1.82) is 0 Å². The van der Waals surface area contributed by atoms with Gasteiger partial charge in [-0.15, -0.1) is 0 Å². The fourth-order valence-electron chi connectivity index (χ4n) is 6.79. The molecular weight excluding hydrogens is 562 g/mol. The minimum atomic E-state index is -1.15. The summed E-state index contributed by atoms with van der Waals surface area (Å²) in [7, 11) is 0. The maximum Gasteiger partial charge on any atom is 0.310 e. The molecule has 1 aromatic carbocycles. The van der Waals surface area contributed by atoms with Gasteiger partial charge < -0.3 is 19.5 Å². The number of esters is 1. The van der Waals surface area contributed by atoms with Crippen LogP contribution >= 0.6 is 0 Å². The minimum absolute atomic E-state index is 0.0777. The summed E-state index contributed by atoms with van der Waals surface area (Å²) >= 11 is 0. The largest absolute Gasteiger partial charge is 0.481 e. The van der Waals surface area contributed by atoms with E-state index in [9.17, 15) is 24.3 Å². The van der Waals surface area contributed by atoms with Gasteiger partial charge in [-0.1, -0.05) is 37.1 Å². The molecule has 0 radical (unpaired) electrons.